The number of benzene rings is 2. The van der Waals surface area contributed by atoms with Crippen molar-refractivity contribution in [2.45, 2.75) is 11.8 Å². The van der Waals surface area contributed by atoms with E-state index < -0.39 is 10.0 Å². The van der Waals surface area contributed by atoms with Crippen molar-refractivity contribution in [3.8, 4) is 11.1 Å². The molecule has 4 rings (SSSR count). The highest BCUT2D eigenvalue weighted by Gasteiger charge is 2.21. The van der Waals surface area contributed by atoms with Crippen molar-refractivity contribution in [1.29, 1.82) is 0 Å². The molecule has 0 unspecified atom stereocenters. The Morgan fingerprint density at radius 3 is 2.53 bits per heavy atom. The van der Waals surface area contributed by atoms with Gasteiger partial charge in [-0.15, -0.1) is 0 Å². The maximum absolute atomic E-state index is 12.9. The van der Waals surface area contributed by atoms with Crippen LogP contribution in [0.2, 0.25) is 0 Å². The first-order chi connectivity index (χ1) is 14.3. The molecule has 1 amide bonds. The number of carbonyl (C=O) groups is 1. The number of rotatable bonds is 5. The number of nitrogens with zero attached hydrogens (tertiary/aromatic N) is 3. The van der Waals surface area contributed by atoms with Crippen molar-refractivity contribution in [1.82, 2.24) is 9.97 Å². The molecule has 0 aliphatic heterocycles. The smallest absolute Gasteiger partial charge is 0.264 e. The van der Waals surface area contributed by atoms with E-state index in [1.54, 1.807) is 42.6 Å². The van der Waals surface area contributed by atoms with Crippen LogP contribution in [-0.2, 0) is 14.8 Å². The lowest BCUT2D eigenvalue weighted by Gasteiger charge is -2.19. The quantitative estimate of drug-likeness (QED) is 0.506. The van der Waals surface area contributed by atoms with Gasteiger partial charge in [0, 0.05) is 25.7 Å². The van der Waals surface area contributed by atoms with Crippen LogP contribution in [0.15, 0.2) is 71.9 Å². The molecule has 0 spiro atoms. The lowest BCUT2D eigenvalue weighted by Crippen LogP contribution is -2.26. The van der Waals surface area contributed by atoms with E-state index in [0.717, 1.165) is 21.3 Å². The van der Waals surface area contributed by atoms with Crippen LogP contribution >= 0.6 is 11.3 Å². The summed E-state index contributed by atoms with van der Waals surface area (Å²) in [6.07, 6.45) is 3.20. The molecule has 0 aliphatic carbocycles. The first-order valence-corrected chi connectivity index (χ1v) is 11.3. The number of nitrogens with one attached hydrogen (secondary N) is 1. The Hall–Kier alpha value is -3.30. The van der Waals surface area contributed by atoms with Gasteiger partial charge in [-0.2, -0.15) is 0 Å². The van der Waals surface area contributed by atoms with Crippen LogP contribution in [0.4, 0.5) is 10.8 Å². The largest absolute Gasteiger partial charge is 0.302 e. The Kier molecular flexibility index (Phi) is 5.23. The van der Waals surface area contributed by atoms with Gasteiger partial charge in [-0.1, -0.05) is 35.6 Å². The van der Waals surface area contributed by atoms with Crippen molar-refractivity contribution < 1.29 is 13.2 Å². The van der Waals surface area contributed by atoms with E-state index in [-0.39, 0.29) is 10.8 Å². The zero-order valence-electron chi connectivity index (χ0n) is 16.2. The Labute approximate surface area is 178 Å². The van der Waals surface area contributed by atoms with E-state index >= 15 is 0 Å². The zero-order chi connectivity index (χ0) is 21.3. The Balaban J connectivity index is 1.68. The Bertz CT molecular complexity index is 1330. The number of anilines is 2. The van der Waals surface area contributed by atoms with Crippen molar-refractivity contribution in [2.75, 3.05) is 16.7 Å². The third-order valence-electron chi connectivity index (χ3n) is 4.49. The fourth-order valence-electron chi connectivity index (χ4n) is 2.96. The Morgan fingerprint density at radius 1 is 1.03 bits per heavy atom. The van der Waals surface area contributed by atoms with Crippen LogP contribution in [-0.4, -0.2) is 31.3 Å². The molecular weight excluding hydrogens is 420 g/mol. The average molecular weight is 439 g/mol. The van der Waals surface area contributed by atoms with E-state index in [4.69, 9.17) is 0 Å². The van der Waals surface area contributed by atoms with Crippen molar-refractivity contribution in [3.05, 3.63) is 67.0 Å². The summed E-state index contributed by atoms with van der Waals surface area (Å²) in [5.74, 6) is -0.172. The summed E-state index contributed by atoms with van der Waals surface area (Å²) in [4.78, 5) is 20.1. The first-order valence-electron chi connectivity index (χ1n) is 9.02. The van der Waals surface area contributed by atoms with Gasteiger partial charge in [-0.3, -0.25) is 14.1 Å². The molecule has 0 saturated carbocycles. The highest BCUT2D eigenvalue weighted by atomic mass is 32.2. The molecule has 0 atom stereocenters. The predicted molar refractivity (Wildman–Crippen MR) is 119 cm³/mol. The zero-order valence-corrected chi connectivity index (χ0v) is 17.9. The number of pyridine rings is 1. The van der Waals surface area contributed by atoms with Crippen molar-refractivity contribution >= 4 is 48.3 Å². The van der Waals surface area contributed by atoms with E-state index in [0.29, 0.717) is 10.8 Å². The van der Waals surface area contributed by atoms with Crippen LogP contribution in [0.5, 0.6) is 0 Å². The summed E-state index contributed by atoms with van der Waals surface area (Å²) in [7, 11) is -2.18. The van der Waals surface area contributed by atoms with E-state index in [1.807, 2.05) is 18.2 Å². The molecule has 0 bridgehead atoms. The van der Waals surface area contributed by atoms with Crippen LogP contribution in [0, 0.1) is 0 Å². The lowest BCUT2D eigenvalue weighted by molar-refractivity contribution is -0.114. The first kappa shape index (κ1) is 20.0. The second-order valence-electron chi connectivity index (χ2n) is 6.60. The molecular formula is C21H18N4O3S2. The van der Waals surface area contributed by atoms with Gasteiger partial charge in [0.25, 0.3) is 10.0 Å². The lowest BCUT2D eigenvalue weighted by atomic mass is 10.1. The molecule has 30 heavy (non-hydrogen) atoms. The van der Waals surface area contributed by atoms with Gasteiger partial charge in [0.2, 0.25) is 5.91 Å². The van der Waals surface area contributed by atoms with Crippen LogP contribution in [0.25, 0.3) is 21.3 Å². The predicted octanol–water partition coefficient (Wildman–Crippen LogP) is 4.14. The van der Waals surface area contributed by atoms with Gasteiger partial charge >= 0.3 is 0 Å². The van der Waals surface area contributed by atoms with E-state index in [2.05, 4.69) is 15.3 Å². The fraction of sp³-hybridized carbons (Fsp3) is 0.0952. The van der Waals surface area contributed by atoms with Gasteiger partial charge in [0.05, 0.1) is 27.0 Å². The SMILES string of the molecule is CC(=O)Nc1nc2ccc(-c3cncc(N(C)S(=O)(=O)c4ccccc4)c3)cc2s1. The third-order valence-corrected chi connectivity index (χ3v) is 7.23. The van der Waals surface area contributed by atoms with Crippen LogP contribution in [0.1, 0.15) is 6.92 Å². The number of hydrogen-bond acceptors (Lipinski definition) is 6. The topological polar surface area (TPSA) is 92.3 Å². The molecule has 0 fully saturated rings. The monoisotopic (exact) mass is 438 g/mol. The summed E-state index contributed by atoms with van der Waals surface area (Å²) >= 11 is 1.38. The van der Waals surface area contributed by atoms with Crippen LogP contribution < -0.4 is 9.62 Å². The summed E-state index contributed by atoms with van der Waals surface area (Å²) in [6, 6.07) is 15.8. The molecule has 2 aromatic carbocycles. The molecule has 1 N–H and O–H groups in total. The molecule has 7 nitrogen and oxygen atoms in total. The number of hydrogen-bond donors (Lipinski definition) is 1. The summed E-state index contributed by atoms with van der Waals surface area (Å²) < 4.78 is 27.9. The fourth-order valence-corrected chi connectivity index (χ4v) is 5.10. The van der Waals surface area contributed by atoms with Gasteiger partial charge in [0.15, 0.2) is 5.13 Å². The molecule has 0 aliphatic rings. The minimum atomic E-state index is -3.69. The average Bonchev–Trinajstić information content (AvgIpc) is 3.14. The normalized spacial score (nSPS) is 11.4. The van der Waals surface area contributed by atoms with Gasteiger partial charge in [-0.25, -0.2) is 13.4 Å². The second kappa shape index (κ2) is 7.85. The minimum absolute atomic E-state index is 0.172. The highest BCUT2D eigenvalue weighted by Crippen LogP contribution is 2.32. The van der Waals surface area contributed by atoms with Gasteiger partial charge < -0.3 is 5.32 Å². The summed E-state index contributed by atoms with van der Waals surface area (Å²) in [5.41, 5.74) is 2.89. The maximum Gasteiger partial charge on any atom is 0.264 e. The summed E-state index contributed by atoms with van der Waals surface area (Å²) in [6.45, 7) is 1.44. The minimum Gasteiger partial charge on any atom is -0.302 e. The van der Waals surface area contributed by atoms with Crippen LogP contribution in [0.3, 0.4) is 0 Å². The molecule has 2 aromatic heterocycles. The third kappa shape index (κ3) is 3.89. The Morgan fingerprint density at radius 2 is 1.80 bits per heavy atom. The van der Waals surface area contributed by atoms with Gasteiger partial charge in [-0.05, 0) is 35.9 Å². The standard InChI is InChI=1S/C21H18N4O3S2/c1-14(26)23-21-24-19-9-8-15(11-20(19)29-21)16-10-17(13-22-12-16)25(2)30(27,28)18-6-4-3-5-7-18/h3-13H,1-2H3,(H,23,24,26). The van der Waals surface area contributed by atoms with E-state index in [9.17, 15) is 13.2 Å². The summed E-state index contributed by atoms with van der Waals surface area (Å²) in [5, 5.41) is 3.23. The molecule has 0 radical (unpaired) electrons. The number of sulfonamides is 1. The van der Waals surface area contributed by atoms with E-state index in [1.165, 1.54) is 35.8 Å². The molecule has 152 valence electrons. The maximum atomic E-state index is 12.9. The van der Waals surface area contributed by atoms with Gasteiger partial charge in [0.1, 0.15) is 0 Å². The van der Waals surface area contributed by atoms with Crippen molar-refractivity contribution in [2.24, 2.45) is 0 Å². The molecule has 0 saturated heterocycles. The number of fused-ring (bicyclic) bond motifs is 1. The van der Waals surface area contributed by atoms with Crippen molar-refractivity contribution in [3.63, 3.8) is 0 Å². The number of amides is 1. The number of aromatic nitrogens is 2. The molecule has 4 aromatic rings. The second-order valence-corrected chi connectivity index (χ2v) is 9.60. The molecule has 9 heteroatoms. The molecule has 2 heterocycles. The number of thiazole rings is 1. The highest BCUT2D eigenvalue weighted by molar-refractivity contribution is 7.92. The number of carbonyl (C=O) groups excluding carboxylic acids is 1.